The van der Waals surface area contributed by atoms with Crippen molar-refractivity contribution in [1.29, 1.82) is 0 Å². The molecule has 0 saturated heterocycles. The molecule has 26 heavy (non-hydrogen) atoms. The fraction of sp³-hybridized carbons (Fsp3) is 0.200. The lowest BCUT2D eigenvalue weighted by molar-refractivity contribution is -0.137. The highest BCUT2D eigenvalue weighted by Crippen LogP contribution is 2.33. The highest BCUT2D eigenvalue weighted by atomic mass is 32.2. The molecule has 2 aromatic rings. The van der Waals surface area contributed by atoms with Gasteiger partial charge in [-0.3, -0.25) is 9.10 Å². The molecule has 1 aromatic heterocycles. The SMILES string of the molecule is CN1c2ccsc2C(=NNC(=O)c2cccc(C(F)(F)F)c2)CS1(=O)=O. The van der Waals surface area contributed by atoms with Crippen LogP contribution in [0.25, 0.3) is 0 Å². The van der Waals surface area contributed by atoms with Crippen molar-refractivity contribution in [3.63, 3.8) is 0 Å². The van der Waals surface area contributed by atoms with Crippen LogP contribution in [-0.4, -0.2) is 32.8 Å². The van der Waals surface area contributed by atoms with Crippen LogP contribution in [0.3, 0.4) is 0 Å². The Bertz CT molecular complexity index is 997. The largest absolute Gasteiger partial charge is 0.416 e. The topological polar surface area (TPSA) is 78.8 Å². The maximum absolute atomic E-state index is 12.7. The third-order valence-electron chi connectivity index (χ3n) is 3.73. The van der Waals surface area contributed by atoms with Gasteiger partial charge in [0.15, 0.2) is 0 Å². The first kappa shape index (κ1) is 18.4. The first-order valence-electron chi connectivity index (χ1n) is 7.18. The standard InChI is InChI=1S/C15H12F3N3O3S2/c1-21-12-5-6-25-13(12)11(8-26(21,23)24)19-20-14(22)9-3-2-4-10(7-9)15(16,17)18/h2-7H,8H2,1H3,(H,20,22). The van der Waals surface area contributed by atoms with Crippen molar-refractivity contribution in [2.45, 2.75) is 6.18 Å². The molecule has 0 unspecified atom stereocenters. The molecule has 0 saturated carbocycles. The predicted octanol–water partition coefficient (Wildman–Crippen LogP) is 2.68. The van der Waals surface area contributed by atoms with Gasteiger partial charge in [0, 0.05) is 12.6 Å². The number of carbonyl (C=O) groups excluding carboxylic acids is 1. The number of anilines is 1. The normalized spacial score (nSPS) is 17.8. The number of rotatable bonds is 2. The minimum Gasteiger partial charge on any atom is -0.271 e. The van der Waals surface area contributed by atoms with Crippen molar-refractivity contribution in [3.8, 4) is 0 Å². The van der Waals surface area contributed by atoms with E-state index in [4.69, 9.17) is 0 Å². The summed E-state index contributed by atoms with van der Waals surface area (Å²) >= 11 is 1.25. The number of halogens is 3. The van der Waals surface area contributed by atoms with E-state index in [0.29, 0.717) is 16.6 Å². The molecule has 0 radical (unpaired) electrons. The van der Waals surface area contributed by atoms with E-state index in [2.05, 4.69) is 10.5 Å². The highest BCUT2D eigenvalue weighted by molar-refractivity contribution is 7.93. The summed E-state index contributed by atoms with van der Waals surface area (Å²) in [6.07, 6.45) is -4.57. The Hall–Kier alpha value is -2.40. The molecule has 6 nitrogen and oxygen atoms in total. The minimum absolute atomic E-state index is 0.133. The second-order valence-electron chi connectivity index (χ2n) is 5.44. The third-order valence-corrected chi connectivity index (χ3v) is 6.35. The average Bonchev–Trinajstić information content (AvgIpc) is 3.06. The van der Waals surface area contributed by atoms with Crippen LogP contribution in [0.4, 0.5) is 18.9 Å². The van der Waals surface area contributed by atoms with Gasteiger partial charge in [-0.15, -0.1) is 11.3 Å². The second-order valence-corrected chi connectivity index (χ2v) is 8.35. The molecule has 0 atom stereocenters. The van der Waals surface area contributed by atoms with Crippen molar-refractivity contribution in [2.24, 2.45) is 5.10 Å². The van der Waals surface area contributed by atoms with Crippen molar-refractivity contribution < 1.29 is 26.4 Å². The number of amides is 1. The molecule has 0 aliphatic carbocycles. The Morgan fingerprint density at radius 3 is 2.73 bits per heavy atom. The van der Waals surface area contributed by atoms with Crippen LogP contribution in [0.1, 0.15) is 20.8 Å². The van der Waals surface area contributed by atoms with E-state index in [1.165, 1.54) is 24.5 Å². The van der Waals surface area contributed by atoms with Crippen molar-refractivity contribution in [3.05, 3.63) is 51.7 Å². The van der Waals surface area contributed by atoms with Gasteiger partial charge in [0.1, 0.15) is 5.75 Å². The Kier molecular flexibility index (Phi) is 4.53. The number of alkyl halides is 3. The van der Waals surface area contributed by atoms with Crippen molar-refractivity contribution in [1.82, 2.24) is 5.43 Å². The van der Waals surface area contributed by atoms with Gasteiger partial charge in [-0.2, -0.15) is 18.3 Å². The Labute approximate surface area is 151 Å². The highest BCUT2D eigenvalue weighted by Gasteiger charge is 2.33. The zero-order valence-corrected chi connectivity index (χ0v) is 14.9. The zero-order chi connectivity index (χ0) is 19.1. The summed E-state index contributed by atoms with van der Waals surface area (Å²) in [5.74, 6) is -1.28. The number of thiophene rings is 1. The van der Waals surface area contributed by atoms with E-state index in [0.717, 1.165) is 16.4 Å². The van der Waals surface area contributed by atoms with Crippen LogP contribution in [0.5, 0.6) is 0 Å². The fourth-order valence-corrected chi connectivity index (χ4v) is 4.62. The smallest absolute Gasteiger partial charge is 0.271 e. The molecular formula is C15H12F3N3O3S2. The van der Waals surface area contributed by atoms with Gasteiger partial charge >= 0.3 is 6.18 Å². The molecule has 138 valence electrons. The number of nitrogens with zero attached hydrogens (tertiary/aromatic N) is 2. The molecule has 1 N–H and O–H groups in total. The van der Waals surface area contributed by atoms with Crippen LogP contribution >= 0.6 is 11.3 Å². The third kappa shape index (κ3) is 3.44. The van der Waals surface area contributed by atoms with Gasteiger partial charge in [-0.05, 0) is 29.6 Å². The summed E-state index contributed by atoms with van der Waals surface area (Å²) in [6.45, 7) is 0. The van der Waals surface area contributed by atoms with E-state index >= 15 is 0 Å². The van der Waals surface area contributed by atoms with Crippen LogP contribution in [0, 0.1) is 0 Å². The summed E-state index contributed by atoms with van der Waals surface area (Å²) in [5, 5.41) is 5.52. The molecule has 2 heterocycles. The van der Waals surface area contributed by atoms with Gasteiger partial charge in [-0.1, -0.05) is 6.07 Å². The molecule has 1 aromatic carbocycles. The number of sulfonamides is 1. The first-order valence-corrected chi connectivity index (χ1v) is 9.67. The fourth-order valence-electron chi connectivity index (χ4n) is 2.35. The van der Waals surface area contributed by atoms with Crippen LogP contribution in [0.15, 0.2) is 40.8 Å². The molecule has 3 rings (SSSR count). The quantitative estimate of drug-likeness (QED) is 0.783. The average molecular weight is 403 g/mol. The van der Waals surface area contributed by atoms with Crippen molar-refractivity contribution >= 4 is 38.7 Å². The molecule has 0 bridgehead atoms. The molecule has 0 spiro atoms. The number of hydrazone groups is 1. The Morgan fingerprint density at radius 1 is 1.31 bits per heavy atom. The maximum atomic E-state index is 12.7. The number of hydrogen-bond donors (Lipinski definition) is 1. The minimum atomic E-state index is -4.57. The van der Waals surface area contributed by atoms with E-state index in [9.17, 15) is 26.4 Å². The predicted molar refractivity (Wildman–Crippen MR) is 92.0 cm³/mol. The number of fused-ring (bicyclic) bond motifs is 1. The summed E-state index contributed by atoms with van der Waals surface area (Å²) in [5.41, 5.74) is 1.52. The van der Waals surface area contributed by atoms with E-state index in [1.807, 2.05) is 0 Å². The molecule has 1 amide bonds. The maximum Gasteiger partial charge on any atom is 0.416 e. The lowest BCUT2D eigenvalue weighted by Gasteiger charge is -2.25. The number of hydrogen-bond acceptors (Lipinski definition) is 5. The Balaban J connectivity index is 1.87. The summed E-state index contributed by atoms with van der Waals surface area (Å²) < 4.78 is 63.6. The van der Waals surface area contributed by atoms with Gasteiger partial charge in [0.2, 0.25) is 10.0 Å². The van der Waals surface area contributed by atoms with E-state index < -0.39 is 33.4 Å². The van der Waals surface area contributed by atoms with E-state index in [-0.39, 0.29) is 11.3 Å². The van der Waals surface area contributed by atoms with E-state index in [1.54, 1.807) is 11.4 Å². The summed E-state index contributed by atoms with van der Waals surface area (Å²) in [7, 11) is -2.21. The monoisotopic (exact) mass is 403 g/mol. The number of carbonyl (C=O) groups is 1. The van der Waals surface area contributed by atoms with Gasteiger partial charge in [-0.25, -0.2) is 13.8 Å². The summed E-state index contributed by atoms with van der Waals surface area (Å²) in [4.78, 5) is 12.7. The molecule has 1 aliphatic heterocycles. The second kappa shape index (κ2) is 6.40. The number of benzene rings is 1. The van der Waals surface area contributed by atoms with Crippen LogP contribution < -0.4 is 9.73 Å². The molecular weight excluding hydrogens is 391 g/mol. The van der Waals surface area contributed by atoms with Crippen LogP contribution in [-0.2, 0) is 16.2 Å². The van der Waals surface area contributed by atoms with Gasteiger partial charge < -0.3 is 0 Å². The van der Waals surface area contributed by atoms with Gasteiger partial charge in [0.25, 0.3) is 5.91 Å². The lowest BCUT2D eigenvalue weighted by Crippen LogP contribution is -2.38. The van der Waals surface area contributed by atoms with Gasteiger partial charge in [0.05, 0.1) is 21.8 Å². The lowest BCUT2D eigenvalue weighted by atomic mass is 10.1. The Morgan fingerprint density at radius 2 is 2.04 bits per heavy atom. The molecule has 1 aliphatic rings. The van der Waals surface area contributed by atoms with Crippen LogP contribution in [0.2, 0.25) is 0 Å². The first-order chi connectivity index (χ1) is 12.1. The number of nitrogens with one attached hydrogen (secondary N) is 1. The molecule has 0 fully saturated rings. The molecule has 11 heteroatoms. The van der Waals surface area contributed by atoms with Crippen molar-refractivity contribution in [2.75, 3.05) is 17.1 Å². The zero-order valence-electron chi connectivity index (χ0n) is 13.2. The summed E-state index contributed by atoms with van der Waals surface area (Å²) in [6, 6.07) is 5.50.